The van der Waals surface area contributed by atoms with Gasteiger partial charge in [0.1, 0.15) is 0 Å². The van der Waals surface area contributed by atoms with Crippen molar-refractivity contribution in [2.45, 2.75) is 25.9 Å². The third-order valence-corrected chi connectivity index (χ3v) is 0.576. The molecular weight excluding hydrogens is 132 g/mol. The second-order valence-electron chi connectivity index (χ2n) is 2.32. The lowest BCUT2D eigenvalue weighted by molar-refractivity contribution is 0.273. The zero-order chi connectivity index (χ0) is 8.57. The smallest absolute Gasteiger partial charge is 0.0579 e. The van der Waals surface area contributed by atoms with Crippen LogP contribution < -0.4 is 11.5 Å². The van der Waals surface area contributed by atoms with Gasteiger partial charge in [-0.15, -0.1) is 0 Å². The van der Waals surface area contributed by atoms with Crippen LogP contribution in [-0.4, -0.2) is 35.5 Å². The lowest BCUT2D eigenvalue weighted by Gasteiger charge is -1.91. The van der Waals surface area contributed by atoms with Gasteiger partial charge in [0.15, 0.2) is 0 Å². The minimum Gasteiger partial charge on any atom is -0.395 e. The molecule has 0 amide bonds. The summed E-state index contributed by atoms with van der Waals surface area (Å²) in [6.07, 6.45) is 0. The number of hydrogen-bond donors (Lipinski definition) is 4. The fourth-order valence-electron chi connectivity index (χ4n) is 0. The predicted molar refractivity (Wildman–Crippen MR) is 41.5 cm³/mol. The van der Waals surface area contributed by atoms with Gasteiger partial charge in [0.25, 0.3) is 0 Å². The molecule has 6 N–H and O–H groups in total. The molecular formula is C6H18N2O2. The van der Waals surface area contributed by atoms with Gasteiger partial charge in [-0.1, -0.05) is 0 Å². The maximum Gasteiger partial charge on any atom is 0.0579 e. The molecule has 4 heteroatoms. The standard InChI is InChI=1S/2C3H9NO/c2*1-3(4)2-5/h2*3,5H,2,4H2,1H3/t2*3-/m10/s1. The molecule has 2 atom stereocenters. The van der Waals surface area contributed by atoms with E-state index in [1.54, 1.807) is 13.8 Å². The summed E-state index contributed by atoms with van der Waals surface area (Å²) in [5.74, 6) is 0. The average Bonchev–Trinajstić information content (AvgIpc) is 1.89. The summed E-state index contributed by atoms with van der Waals surface area (Å²) in [4.78, 5) is 0. The number of aliphatic hydroxyl groups is 2. The van der Waals surface area contributed by atoms with E-state index in [1.165, 1.54) is 0 Å². The van der Waals surface area contributed by atoms with Gasteiger partial charge < -0.3 is 21.7 Å². The zero-order valence-electron chi connectivity index (χ0n) is 6.62. The summed E-state index contributed by atoms with van der Waals surface area (Å²) in [6.45, 7) is 3.67. The normalized spacial score (nSPS) is 15.0. The molecule has 0 saturated carbocycles. The van der Waals surface area contributed by atoms with Crippen LogP contribution in [0.15, 0.2) is 0 Å². The second-order valence-corrected chi connectivity index (χ2v) is 2.32. The highest BCUT2D eigenvalue weighted by atomic mass is 16.3. The van der Waals surface area contributed by atoms with E-state index < -0.39 is 0 Å². The highest BCUT2D eigenvalue weighted by Gasteiger charge is 1.81. The van der Waals surface area contributed by atoms with Crippen LogP contribution in [0.5, 0.6) is 0 Å². The molecule has 10 heavy (non-hydrogen) atoms. The monoisotopic (exact) mass is 150 g/mol. The van der Waals surface area contributed by atoms with E-state index >= 15 is 0 Å². The maximum atomic E-state index is 8.02. The molecule has 0 aromatic rings. The van der Waals surface area contributed by atoms with Gasteiger partial charge >= 0.3 is 0 Å². The molecule has 0 unspecified atom stereocenters. The molecule has 0 rings (SSSR count). The highest BCUT2D eigenvalue weighted by Crippen LogP contribution is 1.63. The quantitative estimate of drug-likeness (QED) is 0.391. The molecule has 0 bridgehead atoms. The summed E-state index contributed by atoms with van der Waals surface area (Å²) in [5, 5.41) is 16.0. The molecule has 0 aromatic heterocycles. The van der Waals surface area contributed by atoms with Gasteiger partial charge in [-0.2, -0.15) is 0 Å². The van der Waals surface area contributed by atoms with Gasteiger partial charge in [-0.25, -0.2) is 0 Å². The van der Waals surface area contributed by atoms with E-state index in [4.69, 9.17) is 21.7 Å². The Balaban J connectivity index is 0. The lowest BCUT2D eigenvalue weighted by Crippen LogP contribution is -2.18. The van der Waals surface area contributed by atoms with Crippen molar-refractivity contribution in [2.24, 2.45) is 11.5 Å². The van der Waals surface area contributed by atoms with E-state index in [2.05, 4.69) is 0 Å². The van der Waals surface area contributed by atoms with E-state index in [1.807, 2.05) is 0 Å². The Hall–Kier alpha value is -0.160. The number of aliphatic hydroxyl groups excluding tert-OH is 2. The minimum atomic E-state index is -0.0602. The molecule has 64 valence electrons. The largest absolute Gasteiger partial charge is 0.395 e. The van der Waals surface area contributed by atoms with Gasteiger partial charge in [-0.3, -0.25) is 0 Å². The fraction of sp³-hybridized carbons (Fsp3) is 1.00. The van der Waals surface area contributed by atoms with Crippen LogP contribution >= 0.6 is 0 Å². The highest BCUT2D eigenvalue weighted by molar-refractivity contribution is 4.43. The van der Waals surface area contributed by atoms with Crippen molar-refractivity contribution in [3.8, 4) is 0 Å². The van der Waals surface area contributed by atoms with E-state index in [0.717, 1.165) is 0 Å². The van der Waals surface area contributed by atoms with E-state index in [0.29, 0.717) is 0 Å². The number of nitrogens with two attached hydrogens (primary N) is 2. The molecule has 0 aliphatic heterocycles. The summed E-state index contributed by atoms with van der Waals surface area (Å²) in [6, 6.07) is -0.120. The average molecular weight is 150 g/mol. The van der Waals surface area contributed by atoms with Crippen molar-refractivity contribution in [1.82, 2.24) is 0 Å². The Labute approximate surface area is 61.8 Å². The van der Waals surface area contributed by atoms with E-state index in [-0.39, 0.29) is 25.3 Å². The fourth-order valence-corrected chi connectivity index (χ4v) is 0. The van der Waals surface area contributed by atoms with Crippen LogP contribution in [0.3, 0.4) is 0 Å². The van der Waals surface area contributed by atoms with Crippen molar-refractivity contribution < 1.29 is 10.2 Å². The van der Waals surface area contributed by atoms with Crippen molar-refractivity contribution >= 4 is 0 Å². The molecule has 0 spiro atoms. The Morgan fingerprint density at radius 2 is 1.10 bits per heavy atom. The van der Waals surface area contributed by atoms with Gasteiger partial charge in [0.05, 0.1) is 13.2 Å². The Morgan fingerprint density at radius 1 is 1.00 bits per heavy atom. The van der Waals surface area contributed by atoms with Crippen LogP contribution in [-0.2, 0) is 0 Å². The molecule has 0 saturated heterocycles. The maximum absolute atomic E-state index is 8.02. The SMILES string of the molecule is C[C@@H](N)CO.C[C@H](N)CO. The minimum absolute atomic E-state index is 0.0602. The topological polar surface area (TPSA) is 92.5 Å². The van der Waals surface area contributed by atoms with Crippen LogP contribution in [0.4, 0.5) is 0 Å². The van der Waals surface area contributed by atoms with E-state index in [9.17, 15) is 0 Å². The molecule has 0 heterocycles. The van der Waals surface area contributed by atoms with Crippen LogP contribution in [0.1, 0.15) is 13.8 Å². The lowest BCUT2D eigenvalue weighted by atomic mass is 10.4. The summed E-state index contributed by atoms with van der Waals surface area (Å²) in [5.41, 5.74) is 10.1. The molecule has 0 aromatic carbocycles. The van der Waals surface area contributed by atoms with Crippen molar-refractivity contribution in [3.63, 3.8) is 0 Å². The Kier molecular flexibility index (Phi) is 11.1. The first-order chi connectivity index (χ1) is 4.54. The third kappa shape index (κ3) is 24.9. The molecule has 0 fully saturated rings. The first-order valence-electron chi connectivity index (χ1n) is 3.27. The van der Waals surface area contributed by atoms with Crippen LogP contribution in [0.2, 0.25) is 0 Å². The summed E-state index contributed by atoms with van der Waals surface area (Å²) >= 11 is 0. The number of rotatable bonds is 2. The van der Waals surface area contributed by atoms with Crippen LogP contribution in [0.25, 0.3) is 0 Å². The second kappa shape index (κ2) is 8.84. The Morgan fingerprint density at radius 3 is 1.10 bits per heavy atom. The van der Waals surface area contributed by atoms with Crippen molar-refractivity contribution in [1.29, 1.82) is 0 Å². The summed E-state index contributed by atoms with van der Waals surface area (Å²) in [7, 11) is 0. The van der Waals surface area contributed by atoms with Crippen LogP contribution in [0, 0.1) is 0 Å². The first-order valence-corrected chi connectivity index (χ1v) is 3.27. The van der Waals surface area contributed by atoms with Gasteiger partial charge in [0.2, 0.25) is 0 Å². The molecule has 4 nitrogen and oxygen atoms in total. The van der Waals surface area contributed by atoms with Gasteiger partial charge in [0, 0.05) is 12.1 Å². The van der Waals surface area contributed by atoms with Crippen molar-refractivity contribution in [3.05, 3.63) is 0 Å². The third-order valence-electron chi connectivity index (χ3n) is 0.576. The zero-order valence-corrected chi connectivity index (χ0v) is 6.62. The predicted octanol–water partition coefficient (Wildman–Crippen LogP) is -1.35. The molecule has 0 radical (unpaired) electrons. The summed E-state index contributed by atoms with van der Waals surface area (Å²) < 4.78 is 0. The molecule has 0 aliphatic carbocycles. The van der Waals surface area contributed by atoms with Crippen molar-refractivity contribution in [2.75, 3.05) is 13.2 Å². The number of hydrogen-bond acceptors (Lipinski definition) is 4. The first kappa shape index (κ1) is 12.5. The van der Waals surface area contributed by atoms with Gasteiger partial charge in [-0.05, 0) is 13.8 Å². The Bertz CT molecular complexity index is 49.7. The molecule has 0 aliphatic rings.